The fourth-order valence-corrected chi connectivity index (χ4v) is 4.43. The molecule has 4 heterocycles. The second-order valence-corrected chi connectivity index (χ2v) is 10.2. The zero-order chi connectivity index (χ0) is 26.3. The summed E-state index contributed by atoms with van der Waals surface area (Å²) in [5.74, 6) is -0.575. The number of benzene rings is 1. The number of halogens is 1. The molecule has 1 aliphatic rings. The summed E-state index contributed by atoms with van der Waals surface area (Å²) < 4.78 is 28.1. The lowest BCUT2D eigenvalue weighted by Gasteiger charge is -2.27. The summed E-state index contributed by atoms with van der Waals surface area (Å²) in [6, 6.07) is 4.98. The van der Waals surface area contributed by atoms with Crippen molar-refractivity contribution in [3.63, 3.8) is 0 Å². The van der Waals surface area contributed by atoms with Gasteiger partial charge in [0.1, 0.15) is 17.8 Å². The topological polar surface area (TPSA) is 111 Å². The molecule has 11 heteroatoms. The number of hydrogen-bond donors (Lipinski definition) is 1. The Balaban J connectivity index is 1.41. The Hall–Kier alpha value is -3.86. The average Bonchev–Trinajstić information content (AvgIpc) is 3.54. The number of fused-ring (bicyclic) bond motifs is 1. The quantitative estimate of drug-likeness (QED) is 0.434. The number of rotatable bonds is 5. The van der Waals surface area contributed by atoms with E-state index < -0.39 is 17.8 Å². The highest BCUT2D eigenvalue weighted by molar-refractivity contribution is 5.90. The highest BCUT2D eigenvalue weighted by Gasteiger charge is 2.26. The molecule has 3 aromatic heterocycles. The number of aromatic nitrogens is 5. The fourth-order valence-electron chi connectivity index (χ4n) is 4.43. The van der Waals surface area contributed by atoms with Crippen LogP contribution in [0.1, 0.15) is 61.4 Å². The number of nitrogens with zero attached hydrogens (tertiary/aromatic N) is 6. The molecule has 1 aliphatic heterocycles. The third-order valence-electron chi connectivity index (χ3n) is 6.54. The van der Waals surface area contributed by atoms with Gasteiger partial charge in [-0.1, -0.05) is 32.0 Å². The number of amides is 1. The van der Waals surface area contributed by atoms with Crippen LogP contribution in [0.2, 0.25) is 0 Å². The van der Waals surface area contributed by atoms with Gasteiger partial charge >= 0.3 is 0 Å². The molecule has 0 radical (unpaired) electrons. The minimum Gasteiger partial charge on any atom is -0.378 e. The predicted octanol–water partition coefficient (Wildman–Crippen LogP) is 3.85. The number of nitrogens with one attached hydrogen (secondary N) is 1. The van der Waals surface area contributed by atoms with Crippen LogP contribution in [0.3, 0.4) is 0 Å². The molecule has 10 nitrogen and oxygen atoms in total. The molecule has 1 saturated heterocycles. The highest BCUT2D eigenvalue weighted by Crippen LogP contribution is 2.32. The maximum atomic E-state index is 15.7. The molecule has 1 aromatic carbocycles. The van der Waals surface area contributed by atoms with Crippen molar-refractivity contribution in [1.29, 1.82) is 0 Å². The van der Waals surface area contributed by atoms with E-state index in [4.69, 9.17) is 9.26 Å². The molecule has 0 bridgehead atoms. The normalized spacial score (nSPS) is 15.2. The first-order valence-corrected chi connectivity index (χ1v) is 12.2. The summed E-state index contributed by atoms with van der Waals surface area (Å²) in [6.07, 6.45) is 3.35. The second-order valence-electron chi connectivity index (χ2n) is 10.2. The molecule has 194 valence electrons. The molecule has 0 saturated carbocycles. The van der Waals surface area contributed by atoms with Crippen LogP contribution in [0.5, 0.6) is 0 Å². The predicted molar refractivity (Wildman–Crippen MR) is 135 cm³/mol. The minimum atomic E-state index is -0.489. The van der Waals surface area contributed by atoms with Crippen molar-refractivity contribution in [1.82, 2.24) is 30.1 Å². The molecule has 1 amide bonds. The molecule has 1 N–H and O–H groups in total. The molecule has 37 heavy (non-hydrogen) atoms. The molecule has 1 fully saturated rings. The van der Waals surface area contributed by atoms with E-state index in [1.807, 2.05) is 33.0 Å². The van der Waals surface area contributed by atoms with E-state index in [0.29, 0.717) is 47.0 Å². The van der Waals surface area contributed by atoms with Gasteiger partial charge in [0.25, 0.3) is 11.7 Å². The number of hydrogen-bond acceptors (Lipinski definition) is 8. The first-order valence-electron chi connectivity index (χ1n) is 12.2. The van der Waals surface area contributed by atoms with E-state index >= 15 is 4.39 Å². The summed E-state index contributed by atoms with van der Waals surface area (Å²) >= 11 is 0. The largest absolute Gasteiger partial charge is 0.378 e. The Morgan fingerprint density at radius 3 is 2.68 bits per heavy atom. The smallest absolute Gasteiger partial charge is 0.293 e. The number of ether oxygens (including phenoxy) is 1. The maximum Gasteiger partial charge on any atom is 0.293 e. The fraction of sp³-hybridized carbons (Fsp3) is 0.423. The Kier molecular flexibility index (Phi) is 6.40. The van der Waals surface area contributed by atoms with Gasteiger partial charge in [0.05, 0.1) is 36.7 Å². The lowest BCUT2D eigenvalue weighted by molar-refractivity contribution is 0.0926. The van der Waals surface area contributed by atoms with E-state index in [-0.39, 0.29) is 11.2 Å². The van der Waals surface area contributed by atoms with Crippen molar-refractivity contribution in [3.05, 3.63) is 59.4 Å². The van der Waals surface area contributed by atoms with Gasteiger partial charge in [-0.15, -0.1) is 0 Å². The van der Waals surface area contributed by atoms with Gasteiger partial charge in [0.15, 0.2) is 0 Å². The summed E-state index contributed by atoms with van der Waals surface area (Å²) in [5.41, 5.74) is 3.26. The number of anilines is 1. The van der Waals surface area contributed by atoms with Gasteiger partial charge in [-0.05, 0) is 37.1 Å². The van der Waals surface area contributed by atoms with Gasteiger partial charge in [-0.2, -0.15) is 10.1 Å². The molecule has 0 aliphatic carbocycles. The maximum absolute atomic E-state index is 15.7. The third kappa shape index (κ3) is 4.78. The summed E-state index contributed by atoms with van der Waals surface area (Å²) in [7, 11) is 0. The van der Waals surface area contributed by atoms with Crippen molar-refractivity contribution in [2.24, 2.45) is 0 Å². The summed E-state index contributed by atoms with van der Waals surface area (Å²) in [6.45, 7) is 12.1. The molecule has 0 spiro atoms. The SMILES string of the molecule is Cc1c([C@@H](C)NC(=O)c2noc(C(C)(C)C)n2)ccc(-c2ncnn3cc(N4CCOCC4)cc23)c1F. The molecule has 1 atom stereocenters. The van der Waals surface area contributed by atoms with Gasteiger partial charge in [-0.25, -0.2) is 13.9 Å². The minimum absolute atomic E-state index is 0.0563. The zero-order valence-electron chi connectivity index (χ0n) is 21.6. The van der Waals surface area contributed by atoms with E-state index in [9.17, 15) is 4.79 Å². The Morgan fingerprint density at radius 2 is 1.97 bits per heavy atom. The lowest BCUT2D eigenvalue weighted by atomic mass is 9.97. The zero-order valence-corrected chi connectivity index (χ0v) is 21.6. The lowest BCUT2D eigenvalue weighted by Crippen LogP contribution is -2.35. The van der Waals surface area contributed by atoms with Crippen molar-refractivity contribution in [2.75, 3.05) is 31.2 Å². The van der Waals surface area contributed by atoms with Crippen LogP contribution in [0.15, 0.2) is 35.2 Å². The van der Waals surface area contributed by atoms with Crippen molar-refractivity contribution in [2.45, 2.75) is 46.1 Å². The van der Waals surface area contributed by atoms with Crippen LogP contribution >= 0.6 is 0 Å². The molecule has 5 rings (SSSR count). The first kappa shape index (κ1) is 24.8. The molecule has 4 aromatic rings. The van der Waals surface area contributed by atoms with Crippen LogP contribution in [0.4, 0.5) is 10.1 Å². The van der Waals surface area contributed by atoms with Crippen LogP contribution < -0.4 is 10.2 Å². The number of morpholine rings is 1. The Labute approximate surface area is 213 Å². The van der Waals surface area contributed by atoms with Crippen molar-refractivity contribution in [3.8, 4) is 11.3 Å². The van der Waals surface area contributed by atoms with E-state index in [2.05, 4.69) is 30.4 Å². The van der Waals surface area contributed by atoms with Gasteiger partial charge in [0, 0.05) is 24.1 Å². The number of carbonyl (C=O) groups excluding carboxylic acids is 1. The van der Waals surface area contributed by atoms with Crippen LogP contribution in [-0.4, -0.2) is 56.9 Å². The van der Waals surface area contributed by atoms with Crippen LogP contribution in [0, 0.1) is 12.7 Å². The van der Waals surface area contributed by atoms with Gasteiger partial charge in [-0.3, -0.25) is 4.79 Å². The Morgan fingerprint density at radius 1 is 1.22 bits per heavy atom. The van der Waals surface area contributed by atoms with Crippen molar-refractivity contribution < 1.29 is 18.4 Å². The molecule has 0 unspecified atom stereocenters. The van der Waals surface area contributed by atoms with Crippen molar-refractivity contribution >= 4 is 17.1 Å². The average molecular weight is 508 g/mol. The van der Waals surface area contributed by atoms with E-state index in [1.54, 1.807) is 30.5 Å². The first-order chi connectivity index (χ1) is 17.6. The van der Waals surface area contributed by atoms with E-state index in [1.165, 1.54) is 6.33 Å². The van der Waals surface area contributed by atoms with Crippen LogP contribution in [0.25, 0.3) is 16.8 Å². The summed E-state index contributed by atoms with van der Waals surface area (Å²) in [4.78, 5) is 23.5. The monoisotopic (exact) mass is 507 g/mol. The third-order valence-corrected chi connectivity index (χ3v) is 6.54. The van der Waals surface area contributed by atoms with Gasteiger partial charge < -0.3 is 19.5 Å². The summed E-state index contributed by atoms with van der Waals surface area (Å²) in [5, 5.41) is 10.9. The number of carbonyl (C=O) groups is 1. The molecular weight excluding hydrogens is 477 g/mol. The molecular formula is C26H30FN7O3. The Bertz CT molecular complexity index is 1450. The van der Waals surface area contributed by atoms with Crippen LogP contribution in [-0.2, 0) is 10.2 Å². The van der Waals surface area contributed by atoms with E-state index in [0.717, 1.165) is 18.8 Å². The standard InChI is InChI=1S/C26H30FN7O3/c1-15-18(16(2)30-24(35)23-31-25(37-32-23)26(3,4)5)6-7-19(21(15)27)22-20-12-17(13-34(20)29-14-28-22)33-8-10-36-11-9-33/h6-7,12-14,16H,8-11H2,1-5H3,(H,30,35)/t16-/m1/s1. The van der Waals surface area contributed by atoms with Gasteiger partial charge in [0.2, 0.25) is 5.89 Å². The second kappa shape index (κ2) is 9.55. The highest BCUT2D eigenvalue weighted by atomic mass is 19.1.